The summed E-state index contributed by atoms with van der Waals surface area (Å²) in [7, 11) is 1.66. The molecule has 2 fully saturated rings. The number of aryl methyl sites for hydroxylation is 1. The maximum Gasteiger partial charge on any atom is 0.329 e. The van der Waals surface area contributed by atoms with Crippen LogP contribution in [0, 0.1) is 0 Å². The molecule has 9 heteroatoms. The van der Waals surface area contributed by atoms with E-state index in [2.05, 4.69) is 22.5 Å². The number of carbonyl (C=O) groups excluding carboxylic acids is 3. The van der Waals surface area contributed by atoms with Gasteiger partial charge in [-0.25, -0.2) is 4.79 Å². The Labute approximate surface area is 180 Å². The molecule has 0 bridgehead atoms. The van der Waals surface area contributed by atoms with Gasteiger partial charge in [-0.2, -0.15) is 0 Å². The van der Waals surface area contributed by atoms with Gasteiger partial charge in [0.15, 0.2) is 0 Å². The molecule has 2 saturated heterocycles. The fraction of sp³-hybridized carbons (Fsp3) is 0.545. The van der Waals surface area contributed by atoms with Crippen LogP contribution in [-0.4, -0.2) is 51.4 Å². The molecular weight excluding hydrogens is 398 g/mol. The lowest BCUT2D eigenvalue weighted by atomic mass is 10.0. The molecule has 31 heavy (non-hydrogen) atoms. The zero-order chi connectivity index (χ0) is 22.1. The molecule has 2 aliphatic rings. The third kappa shape index (κ3) is 3.89. The van der Waals surface area contributed by atoms with Crippen molar-refractivity contribution in [3.63, 3.8) is 0 Å². The second kappa shape index (κ2) is 8.66. The molecule has 0 saturated carbocycles. The highest BCUT2D eigenvalue weighted by Crippen LogP contribution is 2.29. The van der Waals surface area contributed by atoms with Crippen LogP contribution in [0.25, 0.3) is 11.0 Å². The number of piperazine rings is 1. The molecule has 3 amide bonds. The van der Waals surface area contributed by atoms with Gasteiger partial charge in [0, 0.05) is 26.6 Å². The summed E-state index contributed by atoms with van der Waals surface area (Å²) in [5, 5.41) is 5.27. The maximum absolute atomic E-state index is 13.0. The maximum atomic E-state index is 13.0. The Bertz CT molecular complexity index is 1090. The van der Waals surface area contributed by atoms with E-state index in [4.69, 9.17) is 0 Å². The van der Waals surface area contributed by atoms with Crippen LogP contribution in [0.15, 0.2) is 23.0 Å². The van der Waals surface area contributed by atoms with Gasteiger partial charge in [0.2, 0.25) is 17.7 Å². The molecule has 2 aromatic rings. The first-order chi connectivity index (χ1) is 14.9. The van der Waals surface area contributed by atoms with Gasteiger partial charge in [0.1, 0.15) is 12.1 Å². The number of imide groups is 1. The predicted molar refractivity (Wildman–Crippen MR) is 115 cm³/mol. The van der Waals surface area contributed by atoms with E-state index in [0.717, 1.165) is 37.9 Å². The van der Waals surface area contributed by atoms with E-state index in [-0.39, 0.29) is 23.9 Å². The average molecular weight is 428 g/mol. The Kier molecular flexibility index (Phi) is 5.95. The predicted octanol–water partition coefficient (Wildman–Crippen LogP) is 0.981. The summed E-state index contributed by atoms with van der Waals surface area (Å²) in [5.74, 6) is -0.802. The highest BCUT2D eigenvalue weighted by atomic mass is 16.2. The Balaban J connectivity index is 1.72. The molecule has 2 aliphatic heterocycles. The number of aromatic nitrogens is 2. The number of hydrogen-bond acceptors (Lipinski definition) is 5. The molecule has 1 aromatic heterocycles. The number of unbranched alkanes of at least 4 members (excludes halogenated alkanes) is 2. The largest absolute Gasteiger partial charge is 0.353 e. The van der Waals surface area contributed by atoms with Crippen molar-refractivity contribution < 1.29 is 14.4 Å². The third-order valence-electron chi connectivity index (χ3n) is 6.31. The number of piperidine rings is 1. The molecule has 0 aliphatic carbocycles. The normalized spacial score (nSPS) is 22.6. The monoisotopic (exact) mass is 427 g/mol. The second-order valence-corrected chi connectivity index (χ2v) is 8.36. The summed E-state index contributed by atoms with van der Waals surface area (Å²) in [5.41, 5.74) is 1.81. The number of nitrogens with zero attached hydrogens (tertiary/aromatic N) is 3. The van der Waals surface area contributed by atoms with Gasteiger partial charge in [0.25, 0.3) is 0 Å². The SMILES string of the molecule is CCCCCN1CCNC(=O)C1c1ccc2c(c1)n(C)c(=O)n2C1CCC(=O)NC1=O. The van der Waals surface area contributed by atoms with E-state index in [9.17, 15) is 19.2 Å². The van der Waals surface area contributed by atoms with Crippen LogP contribution in [-0.2, 0) is 21.4 Å². The van der Waals surface area contributed by atoms with E-state index >= 15 is 0 Å². The number of imidazole rings is 1. The summed E-state index contributed by atoms with van der Waals surface area (Å²) in [6.07, 6.45) is 3.76. The summed E-state index contributed by atoms with van der Waals surface area (Å²) in [4.78, 5) is 51.8. The quantitative estimate of drug-likeness (QED) is 0.528. The Morgan fingerprint density at radius 3 is 2.61 bits per heavy atom. The zero-order valence-electron chi connectivity index (χ0n) is 18.0. The summed E-state index contributed by atoms with van der Waals surface area (Å²) >= 11 is 0. The molecule has 3 heterocycles. The zero-order valence-corrected chi connectivity index (χ0v) is 18.0. The van der Waals surface area contributed by atoms with Gasteiger partial charge in [-0.15, -0.1) is 0 Å². The fourth-order valence-electron chi connectivity index (χ4n) is 4.66. The van der Waals surface area contributed by atoms with E-state index in [1.807, 2.05) is 18.2 Å². The van der Waals surface area contributed by atoms with Crippen LogP contribution in [0.4, 0.5) is 0 Å². The van der Waals surface area contributed by atoms with Crippen molar-refractivity contribution in [1.29, 1.82) is 0 Å². The number of hydrogen-bond donors (Lipinski definition) is 2. The molecule has 1 aromatic carbocycles. The molecular formula is C22H29N5O4. The van der Waals surface area contributed by atoms with Crippen molar-refractivity contribution in [2.45, 2.75) is 51.1 Å². The van der Waals surface area contributed by atoms with Crippen LogP contribution in [0.1, 0.15) is 56.7 Å². The highest BCUT2D eigenvalue weighted by Gasteiger charge is 2.33. The first-order valence-corrected chi connectivity index (χ1v) is 11.0. The summed E-state index contributed by atoms with van der Waals surface area (Å²) in [6.45, 7) is 4.42. The molecule has 0 radical (unpaired) electrons. The van der Waals surface area contributed by atoms with Gasteiger partial charge >= 0.3 is 5.69 Å². The molecule has 4 rings (SSSR count). The van der Waals surface area contributed by atoms with Gasteiger partial charge in [-0.05, 0) is 37.1 Å². The van der Waals surface area contributed by atoms with Crippen LogP contribution < -0.4 is 16.3 Å². The number of carbonyl (C=O) groups is 3. The summed E-state index contributed by atoms with van der Waals surface area (Å²) < 4.78 is 2.96. The van der Waals surface area contributed by atoms with Crippen molar-refractivity contribution in [1.82, 2.24) is 24.7 Å². The van der Waals surface area contributed by atoms with Crippen LogP contribution >= 0.6 is 0 Å². The van der Waals surface area contributed by atoms with Crippen molar-refractivity contribution >= 4 is 28.8 Å². The van der Waals surface area contributed by atoms with Gasteiger partial charge in [-0.1, -0.05) is 25.8 Å². The number of fused-ring (bicyclic) bond motifs is 1. The van der Waals surface area contributed by atoms with Crippen LogP contribution in [0.3, 0.4) is 0 Å². The lowest BCUT2D eigenvalue weighted by molar-refractivity contribution is -0.135. The number of benzene rings is 1. The minimum atomic E-state index is -0.719. The van der Waals surface area contributed by atoms with E-state index in [1.54, 1.807) is 7.05 Å². The van der Waals surface area contributed by atoms with Crippen molar-refractivity contribution in [2.75, 3.05) is 19.6 Å². The minimum absolute atomic E-state index is 0.0308. The first kappa shape index (κ1) is 21.3. The number of nitrogens with one attached hydrogen (secondary N) is 2. The first-order valence-electron chi connectivity index (χ1n) is 11.0. The second-order valence-electron chi connectivity index (χ2n) is 8.36. The molecule has 166 valence electrons. The average Bonchev–Trinajstić information content (AvgIpc) is 2.99. The van der Waals surface area contributed by atoms with Gasteiger partial charge in [-0.3, -0.25) is 33.7 Å². The molecule has 2 unspecified atom stereocenters. The fourth-order valence-corrected chi connectivity index (χ4v) is 4.66. The van der Waals surface area contributed by atoms with E-state index in [1.165, 1.54) is 9.13 Å². The Morgan fingerprint density at radius 1 is 1.06 bits per heavy atom. The topological polar surface area (TPSA) is 105 Å². The number of amides is 3. The van der Waals surface area contributed by atoms with Crippen molar-refractivity contribution in [2.24, 2.45) is 7.05 Å². The van der Waals surface area contributed by atoms with Gasteiger partial charge < -0.3 is 5.32 Å². The van der Waals surface area contributed by atoms with Crippen molar-refractivity contribution in [3.8, 4) is 0 Å². The van der Waals surface area contributed by atoms with Crippen LogP contribution in [0.2, 0.25) is 0 Å². The van der Waals surface area contributed by atoms with E-state index in [0.29, 0.717) is 24.0 Å². The third-order valence-corrected chi connectivity index (χ3v) is 6.31. The molecule has 2 atom stereocenters. The number of rotatable bonds is 6. The Hall–Kier alpha value is -2.94. The Morgan fingerprint density at radius 2 is 1.87 bits per heavy atom. The molecule has 2 N–H and O–H groups in total. The smallest absolute Gasteiger partial charge is 0.329 e. The molecule has 0 spiro atoms. The van der Waals surface area contributed by atoms with Crippen molar-refractivity contribution in [3.05, 3.63) is 34.2 Å². The standard InChI is InChI=1S/C22H29N5O4/c1-3-4-5-11-26-12-10-23-21(30)19(26)14-6-7-15-17(13-14)25(2)22(31)27(15)16-8-9-18(28)24-20(16)29/h6-7,13,16,19H,3-5,8-12H2,1-2H3,(H,23,30)(H,24,28,29). The lowest BCUT2D eigenvalue weighted by Gasteiger charge is -2.35. The summed E-state index contributed by atoms with van der Waals surface area (Å²) in [6, 6.07) is 4.43. The molecule has 9 nitrogen and oxygen atoms in total. The minimum Gasteiger partial charge on any atom is -0.353 e. The van der Waals surface area contributed by atoms with Gasteiger partial charge in [0.05, 0.1) is 11.0 Å². The van der Waals surface area contributed by atoms with Crippen LogP contribution in [0.5, 0.6) is 0 Å². The highest BCUT2D eigenvalue weighted by molar-refractivity contribution is 6.00. The van der Waals surface area contributed by atoms with E-state index < -0.39 is 18.0 Å². The lowest BCUT2D eigenvalue weighted by Crippen LogP contribution is -2.50.